The van der Waals surface area contributed by atoms with Gasteiger partial charge in [-0.2, -0.15) is 0 Å². The van der Waals surface area contributed by atoms with Gasteiger partial charge in [-0.3, -0.25) is 15.1 Å². The molecule has 0 aliphatic carbocycles. The normalized spacial score (nSPS) is 10.2. The van der Waals surface area contributed by atoms with Gasteiger partial charge in [0.2, 0.25) is 5.13 Å². The molecule has 0 bridgehead atoms. The molecule has 1 N–H and O–H groups in total. The van der Waals surface area contributed by atoms with Crippen LogP contribution in [0.4, 0.5) is 5.13 Å². The van der Waals surface area contributed by atoms with E-state index >= 15 is 0 Å². The highest BCUT2D eigenvalue weighted by molar-refractivity contribution is 7.18. The monoisotopic (exact) mass is 312 g/mol. The summed E-state index contributed by atoms with van der Waals surface area (Å²) in [6, 6.07) is 10.7. The number of hydrogen-bond acceptors (Lipinski definition) is 6. The number of aromatic nitrogens is 3. The first-order valence-corrected chi connectivity index (χ1v) is 7.28. The quantitative estimate of drug-likeness (QED) is 0.801. The lowest BCUT2D eigenvalue weighted by Gasteiger charge is -2.06. The third-order valence-electron chi connectivity index (χ3n) is 2.91. The van der Waals surface area contributed by atoms with Gasteiger partial charge in [0.25, 0.3) is 5.91 Å². The van der Waals surface area contributed by atoms with Gasteiger partial charge < -0.3 is 4.74 Å². The second-order valence-corrected chi connectivity index (χ2v) is 5.29. The fourth-order valence-electron chi connectivity index (χ4n) is 1.88. The number of rotatable bonds is 4. The minimum atomic E-state index is -0.286. The molecule has 0 saturated carbocycles. The molecule has 0 fully saturated rings. The van der Waals surface area contributed by atoms with Gasteiger partial charge in [-0.05, 0) is 24.3 Å². The minimum absolute atomic E-state index is 0.286. The van der Waals surface area contributed by atoms with E-state index in [1.807, 2.05) is 12.1 Å². The minimum Gasteiger partial charge on any atom is -0.496 e. The standard InChI is InChI=1S/C15H12N4O2S/c1-21-12-7-3-2-6-11(12)13(20)17-15-19-18-14(22-15)10-5-4-8-16-9-10/h2-9H,1H3,(H,17,19,20). The Balaban J connectivity index is 1.79. The fraction of sp³-hybridized carbons (Fsp3) is 0.0667. The summed E-state index contributed by atoms with van der Waals surface area (Å²) in [5, 5.41) is 11.9. The fourth-order valence-corrected chi connectivity index (χ4v) is 2.61. The number of anilines is 1. The average molecular weight is 312 g/mol. The lowest BCUT2D eigenvalue weighted by atomic mass is 10.2. The first kappa shape index (κ1) is 14.2. The maximum absolute atomic E-state index is 12.3. The molecule has 0 atom stereocenters. The Morgan fingerprint density at radius 2 is 2.05 bits per heavy atom. The van der Waals surface area contributed by atoms with Crippen molar-refractivity contribution in [1.29, 1.82) is 0 Å². The first-order chi connectivity index (χ1) is 10.8. The lowest BCUT2D eigenvalue weighted by molar-refractivity contribution is 0.102. The number of methoxy groups -OCH3 is 1. The van der Waals surface area contributed by atoms with Crippen molar-refractivity contribution in [2.45, 2.75) is 0 Å². The molecule has 2 aromatic heterocycles. The van der Waals surface area contributed by atoms with E-state index in [9.17, 15) is 4.79 Å². The summed E-state index contributed by atoms with van der Waals surface area (Å²) in [5.74, 6) is 0.225. The van der Waals surface area contributed by atoms with E-state index in [1.54, 1.807) is 36.7 Å². The Labute approximate surface area is 130 Å². The Morgan fingerprint density at radius 1 is 1.18 bits per heavy atom. The van der Waals surface area contributed by atoms with Crippen molar-refractivity contribution in [3.8, 4) is 16.3 Å². The van der Waals surface area contributed by atoms with Crippen LogP contribution < -0.4 is 10.1 Å². The van der Waals surface area contributed by atoms with Crippen molar-refractivity contribution in [2.24, 2.45) is 0 Å². The topological polar surface area (TPSA) is 77.0 Å². The van der Waals surface area contributed by atoms with E-state index in [4.69, 9.17) is 4.74 Å². The van der Waals surface area contributed by atoms with Crippen LogP contribution in [0, 0.1) is 0 Å². The maximum Gasteiger partial charge on any atom is 0.261 e. The van der Waals surface area contributed by atoms with Crippen molar-refractivity contribution in [1.82, 2.24) is 15.2 Å². The van der Waals surface area contributed by atoms with E-state index in [0.717, 1.165) is 5.56 Å². The average Bonchev–Trinajstić information content (AvgIpc) is 3.04. The van der Waals surface area contributed by atoms with Crippen LogP contribution in [0.5, 0.6) is 5.75 Å². The number of ether oxygens (including phenoxy) is 1. The van der Waals surface area contributed by atoms with Crippen molar-refractivity contribution in [3.05, 3.63) is 54.4 Å². The predicted octanol–water partition coefficient (Wildman–Crippen LogP) is 2.86. The molecule has 2 heterocycles. The summed E-state index contributed by atoms with van der Waals surface area (Å²) < 4.78 is 5.18. The highest BCUT2D eigenvalue weighted by Gasteiger charge is 2.14. The van der Waals surface area contributed by atoms with E-state index in [2.05, 4.69) is 20.5 Å². The molecule has 22 heavy (non-hydrogen) atoms. The third-order valence-corrected chi connectivity index (χ3v) is 3.79. The molecule has 0 radical (unpaired) electrons. The van der Waals surface area contributed by atoms with Gasteiger partial charge in [0.05, 0.1) is 12.7 Å². The lowest BCUT2D eigenvalue weighted by Crippen LogP contribution is -2.12. The highest BCUT2D eigenvalue weighted by atomic mass is 32.1. The Kier molecular flexibility index (Phi) is 4.06. The zero-order chi connectivity index (χ0) is 15.4. The zero-order valence-electron chi connectivity index (χ0n) is 11.7. The third kappa shape index (κ3) is 2.94. The molecule has 3 rings (SSSR count). The summed E-state index contributed by atoms with van der Waals surface area (Å²) >= 11 is 1.29. The predicted molar refractivity (Wildman–Crippen MR) is 84.1 cm³/mol. The van der Waals surface area contributed by atoms with Crippen LogP contribution in [0.15, 0.2) is 48.8 Å². The van der Waals surface area contributed by atoms with Crippen LogP contribution >= 0.6 is 11.3 Å². The summed E-state index contributed by atoms with van der Waals surface area (Å²) in [7, 11) is 1.53. The summed E-state index contributed by atoms with van der Waals surface area (Å²) in [5.41, 5.74) is 1.31. The van der Waals surface area contributed by atoms with Crippen LogP contribution in [0.1, 0.15) is 10.4 Å². The molecule has 0 saturated heterocycles. The number of carbonyl (C=O) groups is 1. The number of pyridine rings is 1. The van der Waals surface area contributed by atoms with Crippen LogP contribution in [0.25, 0.3) is 10.6 Å². The van der Waals surface area contributed by atoms with Gasteiger partial charge in [0, 0.05) is 18.0 Å². The first-order valence-electron chi connectivity index (χ1n) is 6.46. The largest absolute Gasteiger partial charge is 0.496 e. The highest BCUT2D eigenvalue weighted by Crippen LogP contribution is 2.26. The van der Waals surface area contributed by atoms with Gasteiger partial charge in [0.1, 0.15) is 5.75 Å². The van der Waals surface area contributed by atoms with Crippen molar-refractivity contribution < 1.29 is 9.53 Å². The molecular weight excluding hydrogens is 300 g/mol. The molecule has 6 nitrogen and oxygen atoms in total. The molecule has 0 aliphatic heterocycles. The molecule has 7 heteroatoms. The number of amides is 1. The van der Waals surface area contributed by atoms with Gasteiger partial charge in [0.15, 0.2) is 5.01 Å². The van der Waals surface area contributed by atoms with E-state index < -0.39 is 0 Å². The second-order valence-electron chi connectivity index (χ2n) is 4.31. The molecule has 3 aromatic rings. The Bertz CT molecular complexity index is 789. The summed E-state index contributed by atoms with van der Waals surface area (Å²) in [6.45, 7) is 0. The molecule has 0 spiro atoms. The van der Waals surface area contributed by atoms with Crippen LogP contribution in [0.2, 0.25) is 0 Å². The molecule has 110 valence electrons. The van der Waals surface area contributed by atoms with E-state index in [0.29, 0.717) is 21.5 Å². The van der Waals surface area contributed by atoms with Crippen molar-refractivity contribution in [3.63, 3.8) is 0 Å². The summed E-state index contributed by atoms with van der Waals surface area (Å²) in [4.78, 5) is 16.3. The maximum atomic E-state index is 12.3. The van der Waals surface area contributed by atoms with Gasteiger partial charge in [-0.15, -0.1) is 10.2 Å². The van der Waals surface area contributed by atoms with Crippen molar-refractivity contribution >= 4 is 22.4 Å². The number of hydrogen-bond donors (Lipinski definition) is 1. The van der Waals surface area contributed by atoms with E-state index in [-0.39, 0.29) is 5.91 Å². The number of nitrogens with zero attached hydrogens (tertiary/aromatic N) is 3. The van der Waals surface area contributed by atoms with Gasteiger partial charge in [-0.25, -0.2) is 0 Å². The van der Waals surface area contributed by atoms with Crippen molar-refractivity contribution in [2.75, 3.05) is 12.4 Å². The summed E-state index contributed by atoms with van der Waals surface area (Å²) in [6.07, 6.45) is 3.39. The molecule has 1 aromatic carbocycles. The number of nitrogens with one attached hydrogen (secondary N) is 1. The van der Waals surface area contributed by atoms with Gasteiger partial charge >= 0.3 is 0 Å². The second kappa shape index (κ2) is 6.31. The zero-order valence-corrected chi connectivity index (χ0v) is 12.5. The van der Waals surface area contributed by atoms with Gasteiger partial charge in [-0.1, -0.05) is 23.5 Å². The molecule has 1 amide bonds. The smallest absolute Gasteiger partial charge is 0.261 e. The number of benzene rings is 1. The number of para-hydroxylation sites is 1. The molecular formula is C15H12N4O2S. The number of carbonyl (C=O) groups excluding carboxylic acids is 1. The van der Waals surface area contributed by atoms with Crippen LogP contribution in [-0.4, -0.2) is 28.2 Å². The van der Waals surface area contributed by atoms with E-state index in [1.165, 1.54) is 18.4 Å². The molecule has 0 unspecified atom stereocenters. The SMILES string of the molecule is COc1ccccc1C(=O)Nc1nnc(-c2cccnc2)s1. The Hall–Kier alpha value is -2.80. The van der Waals surface area contributed by atoms with Crippen LogP contribution in [-0.2, 0) is 0 Å². The van der Waals surface area contributed by atoms with Crippen LogP contribution in [0.3, 0.4) is 0 Å². The molecule has 0 aliphatic rings. The Morgan fingerprint density at radius 3 is 2.82 bits per heavy atom.